The molecule has 2 N–H and O–H groups in total. The van der Waals surface area contributed by atoms with Crippen molar-refractivity contribution < 1.29 is 4.74 Å². The molecule has 0 atom stereocenters. The van der Waals surface area contributed by atoms with E-state index in [1.807, 2.05) is 30.3 Å². The van der Waals surface area contributed by atoms with Crippen molar-refractivity contribution in [1.29, 1.82) is 0 Å². The number of nitrogens with zero attached hydrogens (tertiary/aromatic N) is 1. The summed E-state index contributed by atoms with van der Waals surface area (Å²) < 4.78 is 5.33. The van der Waals surface area contributed by atoms with Gasteiger partial charge in [0.15, 0.2) is 0 Å². The molecule has 1 fully saturated rings. The Kier molecular flexibility index (Phi) is 4.52. The number of aromatic nitrogens is 1. The van der Waals surface area contributed by atoms with Crippen molar-refractivity contribution in [2.24, 2.45) is 0 Å². The Morgan fingerprint density at radius 2 is 2.05 bits per heavy atom. The number of nitrogens with one attached hydrogen (secondary N) is 2. The van der Waals surface area contributed by atoms with Crippen LogP contribution in [0.3, 0.4) is 0 Å². The molecule has 112 valence electrons. The Labute approximate surface area is 123 Å². The monoisotopic (exact) mass is 287 g/mol. The normalized spacial score (nSPS) is 16.2. The van der Waals surface area contributed by atoms with Gasteiger partial charge in [0.25, 0.3) is 5.56 Å². The van der Waals surface area contributed by atoms with E-state index in [2.05, 4.69) is 15.2 Å². The fraction of sp³-hybridized carbons (Fsp3) is 0.438. The predicted octanol–water partition coefficient (Wildman–Crippen LogP) is 1.66. The Balaban J connectivity index is 1.54. The van der Waals surface area contributed by atoms with E-state index in [9.17, 15) is 4.79 Å². The van der Waals surface area contributed by atoms with E-state index in [4.69, 9.17) is 4.74 Å². The van der Waals surface area contributed by atoms with Crippen molar-refractivity contribution >= 4 is 16.6 Å². The zero-order valence-electron chi connectivity index (χ0n) is 12.1. The Morgan fingerprint density at radius 1 is 1.24 bits per heavy atom. The lowest BCUT2D eigenvalue weighted by atomic mass is 10.2. The number of hydrogen-bond acceptors (Lipinski definition) is 4. The van der Waals surface area contributed by atoms with Crippen molar-refractivity contribution in [1.82, 2.24) is 9.88 Å². The molecule has 0 aliphatic carbocycles. The van der Waals surface area contributed by atoms with Gasteiger partial charge in [-0.2, -0.15) is 0 Å². The number of benzene rings is 1. The smallest absolute Gasteiger partial charge is 0.257 e. The molecule has 1 saturated heterocycles. The highest BCUT2D eigenvalue weighted by atomic mass is 16.5. The maximum absolute atomic E-state index is 12.0. The lowest BCUT2D eigenvalue weighted by Gasteiger charge is -2.26. The molecule has 1 aliphatic heterocycles. The summed E-state index contributed by atoms with van der Waals surface area (Å²) in [4.78, 5) is 17.3. The molecule has 1 aromatic heterocycles. The number of anilines is 1. The molecule has 0 spiro atoms. The van der Waals surface area contributed by atoms with Crippen molar-refractivity contribution in [2.75, 3.05) is 44.7 Å². The zero-order valence-corrected chi connectivity index (χ0v) is 12.1. The van der Waals surface area contributed by atoms with Crippen LogP contribution in [-0.2, 0) is 4.74 Å². The van der Waals surface area contributed by atoms with Gasteiger partial charge in [-0.1, -0.05) is 18.2 Å². The van der Waals surface area contributed by atoms with Crippen LogP contribution in [0, 0.1) is 0 Å². The second-order valence-corrected chi connectivity index (χ2v) is 5.33. The molecule has 0 saturated carbocycles. The second kappa shape index (κ2) is 6.74. The van der Waals surface area contributed by atoms with Crippen LogP contribution in [0.4, 0.5) is 5.82 Å². The molecule has 3 rings (SSSR count). The number of pyridine rings is 1. The first-order chi connectivity index (χ1) is 10.3. The van der Waals surface area contributed by atoms with Crippen molar-refractivity contribution in [3.05, 3.63) is 40.7 Å². The van der Waals surface area contributed by atoms with Crippen LogP contribution >= 0.6 is 0 Å². The van der Waals surface area contributed by atoms with E-state index < -0.39 is 0 Å². The Hall–Kier alpha value is -1.85. The van der Waals surface area contributed by atoms with E-state index in [0.29, 0.717) is 0 Å². The van der Waals surface area contributed by atoms with Crippen molar-refractivity contribution in [3.63, 3.8) is 0 Å². The third-order valence-electron chi connectivity index (χ3n) is 3.82. The largest absolute Gasteiger partial charge is 0.379 e. The highest BCUT2D eigenvalue weighted by Crippen LogP contribution is 2.12. The average Bonchev–Trinajstić information content (AvgIpc) is 2.53. The van der Waals surface area contributed by atoms with Crippen LogP contribution in [-0.4, -0.2) is 49.3 Å². The first-order valence-corrected chi connectivity index (χ1v) is 7.49. The van der Waals surface area contributed by atoms with Crippen molar-refractivity contribution in [3.8, 4) is 0 Å². The molecule has 1 aromatic carbocycles. The molecule has 1 aliphatic rings. The molecular weight excluding hydrogens is 266 g/mol. The number of aromatic amines is 1. The number of ether oxygens (including phenoxy) is 1. The van der Waals surface area contributed by atoms with E-state index in [1.54, 1.807) is 0 Å². The summed E-state index contributed by atoms with van der Waals surface area (Å²) in [5.41, 5.74) is -0.0382. The fourth-order valence-corrected chi connectivity index (χ4v) is 2.66. The number of H-pyrrole nitrogens is 1. The lowest BCUT2D eigenvalue weighted by Crippen LogP contribution is -2.37. The van der Waals surface area contributed by atoms with Crippen LogP contribution in [0.2, 0.25) is 0 Å². The third kappa shape index (κ3) is 3.62. The first kappa shape index (κ1) is 14.1. The van der Waals surface area contributed by atoms with Crippen LogP contribution in [0.1, 0.15) is 6.42 Å². The molecule has 5 heteroatoms. The maximum atomic E-state index is 12.0. The highest BCUT2D eigenvalue weighted by Gasteiger charge is 2.09. The number of fused-ring (bicyclic) bond motifs is 1. The van der Waals surface area contributed by atoms with E-state index in [-0.39, 0.29) is 5.56 Å². The van der Waals surface area contributed by atoms with Gasteiger partial charge in [-0.3, -0.25) is 9.69 Å². The molecule has 2 heterocycles. The summed E-state index contributed by atoms with van der Waals surface area (Å²) >= 11 is 0. The average molecular weight is 287 g/mol. The minimum atomic E-state index is -0.0382. The van der Waals surface area contributed by atoms with Gasteiger partial charge in [-0.25, -0.2) is 0 Å². The summed E-state index contributed by atoms with van der Waals surface area (Å²) in [7, 11) is 0. The summed E-state index contributed by atoms with van der Waals surface area (Å²) in [6.07, 6.45) is 1.05. The molecule has 2 aromatic rings. The predicted molar refractivity (Wildman–Crippen MR) is 84.9 cm³/mol. The SMILES string of the molecule is O=c1[nH]c(NCCCN2CCOCC2)cc2ccccc12. The van der Waals surface area contributed by atoms with Gasteiger partial charge in [-0.15, -0.1) is 0 Å². The zero-order chi connectivity index (χ0) is 14.5. The molecule has 0 radical (unpaired) electrons. The number of morpholine rings is 1. The molecule has 0 bridgehead atoms. The van der Waals surface area contributed by atoms with E-state index >= 15 is 0 Å². The van der Waals surface area contributed by atoms with Crippen molar-refractivity contribution in [2.45, 2.75) is 6.42 Å². The van der Waals surface area contributed by atoms with E-state index in [0.717, 1.165) is 62.4 Å². The first-order valence-electron chi connectivity index (χ1n) is 7.49. The van der Waals surface area contributed by atoms with Gasteiger partial charge in [0, 0.05) is 25.0 Å². The lowest BCUT2D eigenvalue weighted by molar-refractivity contribution is 0.0378. The number of hydrogen-bond donors (Lipinski definition) is 2. The van der Waals surface area contributed by atoms with Crippen LogP contribution in [0.15, 0.2) is 35.1 Å². The summed E-state index contributed by atoms with van der Waals surface area (Å²) in [6.45, 7) is 5.64. The van der Waals surface area contributed by atoms with Gasteiger partial charge >= 0.3 is 0 Å². The van der Waals surface area contributed by atoms with Gasteiger partial charge in [0.05, 0.1) is 13.2 Å². The molecular formula is C16H21N3O2. The summed E-state index contributed by atoms with van der Waals surface area (Å²) in [6, 6.07) is 9.63. The van der Waals surface area contributed by atoms with Crippen LogP contribution < -0.4 is 10.9 Å². The van der Waals surface area contributed by atoms with Gasteiger partial charge in [0.2, 0.25) is 0 Å². The van der Waals surface area contributed by atoms with Crippen LogP contribution in [0.25, 0.3) is 10.8 Å². The van der Waals surface area contributed by atoms with Gasteiger partial charge in [0.1, 0.15) is 5.82 Å². The topological polar surface area (TPSA) is 57.4 Å². The fourth-order valence-electron chi connectivity index (χ4n) is 2.66. The summed E-state index contributed by atoms with van der Waals surface area (Å²) in [5, 5.41) is 5.01. The molecule has 0 amide bonds. The Morgan fingerprint density at radius 3 is 2.90 bits per heavy atom. The van der Waals surface area contributed by atoms with E-state index in [1.165, 1.54) is 0 Å². The van der Waals surface area contributed by atoms with Crippen LogP contribution in [0.5, 0.6) is 0 Å². The Bertz CT molecular complexity index is 647. The molecule has 0 unspecified atom stereocenters. The maximum Gasteiger partial charge on any atom is 0.257 e. The minimum absolute atomic E-state index is 0.0382. The standard InChI is InChI=1S/C16H21N3O2/c20-16-14-5-2-1-4-13(14)12-15(18-16)17-6-3-7-19-8-10-21-11-9-19/h1-2,4-5,12H,3,6-11H2,(H2,17,18,20). The third-order valence-corrected chi connectivity index (χ3v) is 3.82. The second-order valence-electron chi connectivity index (χ2n) is 5.33. The summed E-state index contributed by atoms with van der Waals surface area (Å²) in [5.74, 6) is 0.792. The number of rotatable bonds is 5. The molecule has 21 heavy (non-hydrogen) atoms. The minimum Gasteiger partial charge on any atom is -0.379 e. The van der Waals surface area contributed by atoms with Gasteiger partial charge < -0.3 is 15.0 Å². The molecule has 5 nitrogen and oxygen atoms in total. The quantitative estimate of drug-likeness (QED) is 0.821. The highest BCUT2D eigenvalue weighted by molar-refractivity contribution is 5.83. The van der Waals surface area contributed by atoms with Gasteiger partial charge in [-0.05, 0) is 30.5 Å².